The van der Waals surface area contributed by atoms with E-state index in [1.54, 1.807) is 17.3 Å². The maximum Gasteiger partial charge on any atom is 0.284 e. The zero-order chi connectivity index (χ0) is 32.4. The number of aromatic nitrogens is 8. The van der Waals surface area contributed by atoms with E-state index in [0.29, 0.717) is 61.1 Å². The van der Waals surface area contributed by atoms with Crippen LogP contribution in [0, 0.1) is 0 Å². The minimum Gasteiger partial charge on any atom is -0.346 e. The molecule has 1 fully saturated rings. The van der Waals surface area contributed by atoms with Crippen molar-refractivity contribution in [3.8, 4) is 0 Å². The van der Waals surface area contributed by atoms with Crippen LogP contribution in [0.25, 0.3) is 11.0 Å². The quantitative estimate of drug-likeness (QED) is 0.179. The van der Waals surface area contributed by atoms with Crippen molar-refractivity contribution in [2.75, 3.05) is 36.8 Å². The minimum atomic E-state index is -3.86. The van der Waals surface area contributed by atoms with E-state index < -0.39 is 10.0 Å². The second-order valence-corrected chi connectivity index (χ2v) is 12.5. The molecule has 2 aromatic carbocycles. The van der Waals surface area contributed by atoms with Crippen LogP contribution in [0.15, 0.2) is 90.9 Å². The number of aromatic amines is 2. The summed E-state index contributed by atoms with van der Waals surface area (Å²) in [6.07, 6.45) is 7.05. The van der Waals surface area contributed by atoms with E-state index in [1.165, 1.54) is 30.6 Å². The van der Waals surface area contributed by atoms with E-state index in [4.69, 9.17) is 0 Å². The van der Waals surface area contributed by atoms with Crippen LogP contribution in [0.5, 0.6) is 0 Å². The summed E-state index contributed by atoms with van der Waals surface area (Å²) >= 11 is 0. The molecule has 7 rings (SSSR count). The van der Waals surface area contributed by atoms with Crippen molar-refractivity contribution < 1.29 is 18.0 Å². The Labute approximate surface area is 267 Å². The molecule has 47 heavy (non-hydrogen) atoms. The summed E-state index contributed by atoms with van der Waals surface area (Å²) in [7, 11) is -3.86. The highest BCUT2D eigenvalue weighted by molar-refractivity contribution is 7.89. The molecule has 0 bridgehead atoms. The number of amides is 2. The number of carbonyl (C=O) groups excluding carboxylic acids is 2. The summed E-state index contributed by atoms with van der Waals surface area (Å²) in [6.45, 7) is 3.12. The van der Waals surface area contributed by atoms with Crippen molar-refractivity contribution in [3.05, 3.63) is 103 Å². The number of H-pyrrole nitrogens is 2. The van der Waals surface area contributed by atoms with Crippen LogP contribution in [0.1, 0.15) is 26.4 Å². The second-order valence-electron chi connectivity index (χ2n) is 10.8. The molecule has 0 unspecified atom stereocenters. The maximum absolute atomic E-state index is 13.1. The van der Waals surface area contributed by atoms with Crippen molar-refractivity contribution in [2.24, 2.45) is 0 Å². The standard InChI is InChI=1S/C30H28N12O4S/c43-29(26-25(15-35-39-26)38-28-24-9-10-32-27(24)33-18-34-28)37-22-5-1-20(2-6-22)16-40-11-13-41(14-12-40)30(44)21-3-7-23(8-4-21)47(45,46)42-19-31-17-36-42/h1-10,15,17-19H,11-14,16H2,(H,35,39)(H,37,43)(H2,32,33,34,38). The number of anilines is 3. The van der Waals surface area contributed by atoms with Gasteiger partial charge in [-0.25, -0.2) is 15.0 Å². The molecule has 0 spiro atoms. The lowest BCUT2D eigenvalue weighted by Gasteiger charge is -2.34. The molecular weight excluding hydrogens is 624 g/mol. The lowest BCUT2D eigenvalue weighted by atomic mass is 10.1. The number of benzene rings is 2. The molecule has 1 aliphatic heterocycles. The highest BCUT2D eigenvalue weighted by Gasteiger charge is 2.24. The molecule has 17 heteroatoms. The molecule has 1 aliphatic rings. The lowest BCUT2D eigenvalue weighted by Crippen LogP contribution is -2.48. The Morgan fingerprint density at radius 1 is 0.915 bits per heavy atom. The van der Waals surface area contributed by atoms with Gasteiger partial charge in [-0.2, -0.15) is 13.5 Å². The van der Waals surface area contributed by atoms with E-state index in [0.717, 1.165) is 27.7 Å². The van der Waals surface area contributed by atoms with Crippen LogP contribution in [0.4, 0.5) is 17.2 Å². The van der Waals surface area contributed by atoms with Gasteiger partial charge in [-0.05, 0) is 48.0 Å². The molecule has 1 saturated heterocycles. The summed E-state index contributed by atoms with van der Waals surface area (Å²) in [5, 5.41) is 17.4. The maximum atomic E-state index is 13.1. The van der Waals surface area contributed by atoms with E-state index >= 15 is 0 Å². The first kappa shape index (κ1) is 29.8. The van der Waals surface area contributed by atoms with E-state index in [2.05, 4.69) is 50.8 Å². The number of carbonyl (C=O) groups is 2. The fourth-order valence-electron chi connectivity index (χ4n) is 5.29. The summed E-state index contributed by atoms with van der Waals surface area (Å²) in [4.78, 5) is 45.4. The molecule has 4 N–H and O–H groups in total. The van der Waals surface area contributed by atoms with Crippen molar-refractivity contribution in [2.45, 2.75) is 11.4 Å². The molecule has 2 amide bonds. The SMILES string of the molecule is O=C(Nc1ccc(CN2CCN(C(=O)c3ccc(S(=O)(=O)n4cncn4)cc3)CC2)cc1)c1n[nH]cc1Nc1ncnc2[nH]ccc12. The largest absolute Gasteiger partial charge is 0.346 e. The summed E-state index contributed by atoms with van der Waals surface area (Å²) in [5.41, 5.74) is 3.45. The van der Waals surface area contributed by atoms with Gasteiger partial charge >= 0.3 is 0 Å². The van der Waals surface area contributed by atoms with Gasteiger partial charge in [0, 0.05) is 56.4 Å². The highest BCUT2D eigenvalue weighted by Crippen LogP contribution is 2.24. The summed E-state index contributed by atoms with van der Waals surface area (Å²) in [5.74, 6) is 0.0145. The smallest absolute Gasteiger partial charge is 0.284 e. The molecule has 0 atom stereocenters. The zero-order valence-electron chi connectivity index (χ0n) is 24.7. The van der Waals surface area contributed by atoms with Gasteiger partial charge in [0.15, 0.2) is 5.69 Å². The Hall–Kier alpha value is -5.94. The molecular formula is C30H28N12O4S. The van der Waals surface area contributed by atoms with Crippen LogP contribution < -0.4 is 10.6 Å². The number of hydrogen-bond acceptors (Lipinski definition) is 11. The third kappa shape index (κ3) is 6.16. The predicted octanol–water partition coefficient (Wildman–Crippen LogP) is 2.46. The van der Waals surface area contributed by atoms with Crippen LogP contribution in [-0.4, -0.2) is 95.5 Å². The van der Waals surface area contributed by atoms with Crippen LogP contribution >= 0.6 is 0 Å². The summed E-state index contributed by atoms with van der Waals surface area (Å²) < 4.78 is 26.0. The average Bonchev–Trinajstić information content (AvgIpc) is 3.89. The fraction of sp³-hybridized carbons (Fsp3) is 0.167. The van der Waals surface area contributed by atoms with Gasteiger partial charge in [0.1, 0.15) is 30.4 Å². The number of nitrogens with one attached hydrogen (secondary N) is 4. The lowest BCUT2D eigenvalue weighted by molar-refractivity contribution is 0.0628. The van der Waals surface area contributed by atoms with Gasteiger partial charge in [-0.3, -0.25) is 19.6 Å². The molecule has 238 valence electrons. The number of hydrogen-bond donors (Lipinski definition) is 4. The molecule has 0 aliphatic carbocycles. The normalized spacial score (nSPS) is 13.9. The van der Waals surface area contributed by atoms with Gasteiger partial charge in [0.05, 0.1) is 16.0 Å². The van der Waals surface area contributed by atoms with Gasteiger partial charge in [0.25, 0.3) is 21.8 Å². The molecule has 5 heterocycles. The Balaban J connectivity index is 0.910. The van der Waals surface area contributed by atoms with Gasteiger partial charge in [-0.1, -0.05) is 12.1 Å². The van der Waals surface area contributed by atoms with Gasteiger partial charge < -0.3 is 20.5 Å². The zero-order valence-corrected chi connectivity index (χ0v) is 25.6. The molecule has 4 aromatic heterocycles. The van der Waals surface area contributed by atoms with Crippen molar-refractivity contribution in [1.29, 1.82) is 0 Å². The monoisotopic (exact) mass is 652 g/mol. The van der Waals surface area contributed by atoms with Gasteiger partial charge in [-0.15, -0.1) is 9.19 Å². The molecule has 0 saturated carbocycles. The summed E-state index contributed by atoms with van der Waals surface area (Å²) in [6, 6.07) is 15.3. The Kier molecular flexibility index (Phi) is 7.88. The van der Waals surface area contributed by atoms with Crippen molar-refractivity contribution >= 4 is 50.1 Å². The first-order valence-corrected chi connectivity index (χ1v) is 16.0. The third-order valence-corrected chi connectivity index (χ3v) is 9.33. The minimum absolute atomic E-state index is 0.0230. The van der Waals surface area contributed by atoms with E-state index in [-0.39, 0.29) is 22.4 Å². The van der Waals surface area contributed by atoms with Crippen LogP contribution in [0.2, 0.25) is 0 Å². The highest BCUT2D eigenvalue weighted by atomic mass is 32.2. The Bertz CT molecular complexity index is 2130. The van der Waals surface area contributed by atoms with Crippen LogP contribution in [-0.2, 0) is 16.6 Å². The first-order valence-electron chi connectivity index (χ1n) is 14.6. The number of fused-ring (bicyclic) bond motifs is 1. The van der Waals surface area contributed by atoms with Crippen molar-refractivity contribution in [3.63, 3.8) is 0 Å². The van der Waals surface area contributed by atoms with Gasteiger partial charge in [0.2, 0.25) is 0 Å². The molecule has 0 radical (unpaired) electrons. The topological polar surface area (TPSA) is 200 Å². The van der Waals surface area contributed by atoms with Crippen LogP contribution in [0.3, 0.4) is 0 Å². The molecule has 16 nitrogen and oxygen atoms in total. The average molecular weight is 653 g/mol. The van der Waals surface area contributed by atoms with Crippen molar-refractivity contribution in [1.82, 2.24) is 49.1 Å². The molecule has 6 aromatic rings. The number of rotatable bonds is 9. The van der Waals surface area contributed by atoms with E-state index in [1.807, 2.05) is 30.3 Å². The second kappa shape index (κ2) is 12.5. The fourth-order valence-corrected chi connectivity index (χ4v) is 6.33. The first-order chi connectivity index (χ1) is 22.8. The number of nitrogens with zero attached hydrogens (tertiary/aromatic N) is 8. The predicted molar refractivity (Wildman–Crippen MR) is 170 cm³/mol. The van der Waals surface area contributed by atoms with E-state index in [9.17, 15) is 18.0 Å². The Morgan fingerprint density at radius 3 is 2.45 bits per heavy atom. The third-order valence-electron chi connectivity index (χ3n) is 7.78. The Morgan fingerprint density at radius 2 is 1.70 bits per heavy atom. The number of piperazine rings is 1.